The number of hydrogen-bond donors (Lipinski definition) is 0. The highest BCUT2D eigenvalue weighted by Gasteiger charge is 2.25. The number of fused-ring (bicyclic) bond motifs is 1. The second-order valence-electron chi connectivity index (χ2n) is 6.41. The fourth-order valence-electron chi connectivity index (χ4n) is 3.20. The summed E-state index contributed by atoms with van der Waals surface area (Å²) in [6.07, 6.45) is 0.749. The van der Waals surface area contributed by atoms with Crippen molar-refractivity contribution in [3.05, 3.63) is 52.7 Å². The standard InChI is InChI=1S/C19H19N3O3S/c1-13-11-15(20-25-13)18(23)21-7-4-8-22(10-9-21)19(24)17-12-14-5-2-3-6-16(14)26-17/h2-3,5-6,11-12H,4,7-10H2,1H3. The molecular formula is C19H19N3O3S. The maximum atomic E-state index is 12.9. The summed E-state index contributed by atoms with van der Waals surface area (Å²) < 4.78 is 6.11. The third-order valence-electron chi connectivity index (χ3n) is 4.55. The number of carbonyl (C=O) groups excluding carboxylic acids is 2. The minimum absolute atomic E-state index is 0.0396. The van der Waals surface area contributed by atoms with Gasteiger partial charge in [-0.2, -0.15) is 0 Å². The highest BCUT2D eigenvalue weighted by atomic mass is 32.1. The van der Waals surface area contributed by atoms with Crippen LogP contribution >= 0.6 is 11.3 Å². The lowest BCUT2D eigenvalue weighted by Crippen LogP contribution is -2.37. The molecule has 7 heteroatoms. The van der Waals surface area contributed by atoms with Gasteiger partial charge in [0.25, 0.3) is 11.8 Å². The van der Waals surface area contributed by atoms with Crippen molar-refractivity contribution in [3.63, 3.8) is 0 Å². The van der Waals surface area contributed by atoms with Crippen molar-refractivity contribution in [3.8, 4) is 0 Å². The Hall–Kier alpha value is -2.67. The van der Waals surface area contributed by atoms with E-state index in [1.165, 1.54) is 11.3 Å². The second kappa shape index (κ2) is 6.92. The number of thiophene rings is 1. The summed E-state index contributed by atoms with van der Waals surface area (Å²) in [6.45, 7) is 4.05. The van der Waals surface area contributed by atoms with Crippen molar-refractivity contribution in [1.82, 2.24) is 15.0 Å². The maximum absolute atomic E-state index is 12.9. The molecule has 1 aromatic carbocycles. The predicted molar refractivity (Wildman–Crippen MR) is 99.5 cm³/mol. The summed E-state index contributed by atoms with van der Waals surface area (Å²) in [5, 5.41) is 4.89. The molecule has 0 atom stereocenters. The van der Waals surface area contributed by atoms with E-state index in [1.54, 1.807) is 17.9 Å². The fourth-order valence-corrected chi connectivity index (χ4v) is 4.23. The summed E-state index contributed by atoms with van der Waals surface area (Å²) in [7, 11) is 0. The van der Waals surface area contributed by atoms with Crippen LogP contribution in [0.5, 0.6) is 0 Å². The molecule has 1 saturated heterocycles. The van der Waals surface area contributed by atoms with Crippen molar-refractivity contribution in [1.29, 1.82) is 0 Å². The fraction of sp³-hybridized carbons (Fsp3) is 0.316. The van der Waals surface area contributed by atoms with Gasteiger partial charge in [0.1, 0.15) is 5.76 Å². The number of rotatable bonds is 2. The van der Waals surface area contributed by atoms with Crippen LogP contribution in [0, 0.1) is 6.92 Å². The number of amides is 2. The van der Waals surface area contributed by atoms with Crippen LogP contribution in [-0.4, -0.2) is 52.9 Å². The van der Waals surface area contributed by atoms with Crippen LogP contribution < -0.4 is 0 Å². The zero-order chi connectivity index (χ0) is 18.1. The summed E-state index contributed by atoms with van der Waals surface area (Å²) in [5.41, 5.74) is 0.326. The van der Waals surface area contributed by atoms with Gasteiger partial charge in [-0.25, -0.2) is 0 Å². The average Bonchev–Trinajstić information content (AvgIpc) is 3.19. The van der Waals surface area contributed by atoms with Gasteiger partial charge in [0.15, 0.2) is 5.69 Å². The van der Waals surface area contributed by atoms with Gasteiger partial charge in [-0.1, -0.05) is 23.4 Å². The van der Waals surface area contributed by atoms with Gasteiger partial charge in [-0.3, -0.25) is 9.59 Å². The molecule has 0 aliphatic carbocycles. The smallest absolute Gasteiger partial charge is 0.276 e. The van der Waals surface area contributed by atoms with Gasteiger partial charge >= 0.3 is 0 Å². The van der Waals surface area contributed by atoms with Gasteiger partial charge in [-0.05, 0) is 30.9 Å². The molecule has 3 aromatic rings. The Morgan fingerprint density at radius 1 is 1.04 bits per heavy atom. The van der Waals surface area contributed by atoms with E-state index in [0.29, 0.717) is 37.6 Å². The SMILES string of the molecule is Cc1cc(C(=O)N2CCCN(C(=O)c3cc4ccccc4s3)CC2)no1. The predicted octanol–water partition coefficient (Wildman–Crippen LogP) is 3.19. The van der Waals surface area contributed by atoms with Crippen molar-refractivity contribution < 1.29 is 14.1 Å². The molecule has 4 rings (SSSR count). The molecule has 1 aliphatic heterocycles. The Morgan fingerprint density at radius 2 is 1.77 bits per heavy atom. The van der Waals surface area contributed by atoms with Gasteiger partial charge in [0.2, 0.25) is 0 Å². The van der Waals surface area contributed by atoms with Gasteiger partial charge in [0.05, 0.1) is 4.88 Å². The first-order chi connectivity index (χ1) is 12.6. The van der Waals surface area contributed by atoms with Gasteiger partial charge in [0, 0.05) is 36.9 Å². The molecule has 0 unspecified atom stereocenters. The first-order valence-electron chi connectivity index (χ1n) is 8.62. The zero-order valence-electron chi connectivity index (χ0n) is 14.5. The largest absolute Gasteiger partial charge is 0.361 e. The van der Waals surface area contributed by atoms with Gasteiger partial charge in [-0.15, -0.1) is 11.3 Å². The number of carbonyl (C=O) groups is 2. The lowest BCUT2D eigenvalue weighted by Gasteiger charge is -2.21. The van der Waals surface area contributed by atoms with Crippen molar-refractivity contribution >= 4 is 33.2 Å². The van der Waals surface area contributed by atoms with Crippen LogP contribution in [0.15, 0.2) is 40.9 Å². The van der Waals surface area contributed by atoms with Crippen molar-refractivity contribution in [2.45, 2.75) is 13.3 Å². The van der Waals surface area contributed by atoms with E-state index < -0.39 is 0 Å². The number of aryl methyl sites for hydroxylation is 1. The zero-order valence-corrected chi connectivity index (χ0v) is 15.3. The molecule has 1 aliphatic rings. The summed E-state index contributed by atoms with van der Waals surface area (Å²) in [5.74, 6) is 0.514. The van der Waals surface area contributed by atoms with E-state index in [9.17, 15) is 9.59 Å². The molecule has 1 fully saturated rings. The molecule has 26 heavy (non-hydrogen) atoms. The lowest BCUT2D eigenvalue weighted by molar-refractivity contribution is 0.0715. The lowest BCUT2D eigenvalue weighted by atomic mass is 10.2. The van der Waals surface area contributed by atoms with Gasteiger partial charge < -0.3 is 14.3 Å². The van der Waals surface area contributed by atoms with E-state index in [-0.39, 0.29) is 11.8 Å². The molecule has 134 valence electrons. The third kappa shape index (κ3) is 3.22. The van der Waals surface area contributed by atoms with E-state index >= 15 is 0 Å². The summed E-state index contributed by atoms with van der Waals surface area (Å²) in [6, 6.07) is 11.6. The van der Waals surface area contributed by atoms with Crippen molar-refractivity contribution in [2.75, 3.05) is 26.2 Å². The molecule has 3 heterocycles. The van der Waals surface area contributed by atoms with Crippen LogP contribution in [0.4, 0.5) is 0 Å². The Labute approximate surface area is 155 Å². The van der Waals surface area contributed by atoms with E-state index in [4.69, 9.17) is 4.52 Å². The van der Waals surface area contributed by atoms with Crippen LogP contribution in [0.1, 0.15) is 32.3 Å². The molecule has 0 saturated carbocycles. The number of nitrogens with zero attached hydrogens (tertiary/aromatic N) is 3. The Balaban J connectivity index is 1.46. The molecule has 6 nitrogen and oxygen atoms in total. The summed E-state index contributed by atoms with van der Waals surface area (Å²) in [4.78, 5) is 29.7. The van der Waals surface area contributed by atoms with Crippen LogP contribution in [-0.2, 0) is 0 Å². The van der Waals surface area contributed by atoms with E-state index in [1.807, 2.05) is 35.2 Å². The number of hydrogen-bond acceptors (Lipinski definition) is 5. The molecule has 0 bridgehead atoms. The number of aromatic nitrogens is 1. The first-order valence-corrected chi connectivity index (χ1v) is 9.44. The normalized spacial score (nSPS) is 15.3. The van der Waals surface area contributed by atoms with E-state index in [2.05, 4.69) is 5.16 Å². The minimum Gasteiger partial charge on any atom is -0.361 e. The van der Waals surface area contributed by atoms with Crippen LogP contribution in [0.2, 0.25) is 0 Å². The summed E-state index contributed by atoms with van der Waals surface area (Å²) >= 11 is 1.52. The third-order valence-corrected chi connectivity index (χ3v) is 5.66. The monoisotopic (exact) mass is 369 g/mol. The quantitative estimate of drug-likeness (QED) is 0.696. The van der Waals surface area contributed by atoms with Crippen LogP contribution in [0.3, 0.4) is 0 Å². The molecule has 0 spiro atoms. The van der Waals surface area contributed by atoms with Crippen LogP contribution in [0.25, 0.3) is 10.1 Å². The Bertz CT molecular complexity index is 929. The maximum Gasteiger partial charge on any atom is 0.276 e. The molecule has 0 N–H and O–H groups in total. The topological polar surface area (TPSA) is 66.7 Å². The molecule has 0 radical (unpaired) electrons. The molecule has 2 amide bonds. The highest BCUT2D eigenvalue weighted by molar-refractivity contribution is 7.20. The second-order valence-corrected chi connectivity index (χ2v) is 7.49. The molecule has 2 aromatic heterocycles. The average molecular weight is 369 g/mol. The Kier molecular flexibility index (Phi) is 4.46. The highest BCUT2D eigenvalue weighted by Crippen LogP contribution is 2.26. The minimum atomic E-state index is -0.141. The number of benzene rings is 1. The van der Waals surface area contributed by atoms with Crippen molar-refractivity contribution in [2.24, 2.45) is 0 Å². The Morgan fingerprint density at radius 3 is 2.46 bits per heavy atom. The molecular weight excluding hydrogens is 350 g/mol. The first kappa shape index (κ1) is 16.8. The van der Waals surface area contributed by atoms with E-state index in [0.717, 1.165) is 21.4 Å².